The first kappa shape index (κ1) is 12.2. The van der Waals surface area contributed by atoms with Crippen LogP contribution in [-0.4, -0.2) is 23.5 Å². The van der Waals surface area contributed by atoms with Gasteiger partial charge in [0.2, 0.25) is 5.91 Å². The Bertz CT molecular complexity index is 567. The molecule has 2 N–H and O–H groups in total. The molecule has 1 aromatic rings. The molecule has 2 atom stereocenters. The van der Waals surface area contributed by atoms with Gasteiger partial charge >= 0.3 is 5.97 Å². The fourth-order valence-corrected chi connectivity index (χ4v) is 3.69. The molecule has 2 unspecified atom stereocenters. The van der Waals surface area contributed by atoms with E-state index >= 15 is 0 Å². The van der Waals surface area contributed by atoms with Gasteiger partial charge in [0.1, 0.15) is 0 Å². The van der Waals surface area contributed by atoms with Crippen LogP contribution < -0.4 is 5.32 Å². The first-order valence-corrected chi connectivity index (χ1v) is 6.69. The van der Waals surface area contributed by atoms with E-state index in [2.05, 4.69) is 12.2 Å². The van der Waals surface area contributed by atoms with E-state index < -0.39 is 5.97 Å². The summed E-state index contributed by atoms with van der Waals surface area (Å²) in [5.41, 5.74) is 2.00. The van der Waals surface area contributed by atoms with Crippen LogP contribution in [-0.2, 0) is 11.2 Å². The Morgan fingerprint density at radius 3 is 2.84 bits per heavy atom. The molecule has 3 rings (SSSR count). The van der Waals surface area contributed by atoms with Gasteiger partial charge in [-0.25, -0.2) is 4.79 Å². The largest absolute Gasteiger partial charge is 0.478 e. The van der Waals surface area contributed by atoms with Crippen LogP contribution >= 0.6 is 0 Å². The number of carboxylic acid groups (broad SMARTS) is 1. The fraction of sp³-hybridized carbons (Fsp3) is 0.467. The number of benzene rings is 1. The lowest BCUT2D eigenvalue weighted by Gasteiger charge is -2.39. The molecule has 1 amide bonds. The smallest absolute Gasteiger partial charge is 0.335 e. The Morgan fingerprint density at radius 2 is 2.21 bits per heavy atom. The number of aromatic carboxylic acids is 1. The molecule has 0 radical (unpaired) electrons. The van der Waals surface area contributed by atoms with Crippen LogP contribution in [0.3, 0.4) is 0 Å². The molecule has 1 aliphatic heterocycles. The Morgan fingerprint density at radius 1 is 1.42 bits per heavy atom. The normalized spacial score (nSPS) is 29.1. The van der Waals surface area contributed by atoms with Gasteiger partial charge in [-0.3, -0.25) is 4.79 Å². The zero-order chi connectivity index (χ0) is 13.6. The van der Waals surface area contributed by atoms with Crippen LogP contribution in [0.25, 0.3) is 0 Å². The van der Waals surface area contributed by atoms with Crippen LogP contribution in [0.2, 0.25) is 0 Å². The number of carbonyl (C=O) groups excluding carboxylic acids is 1. The van der Waals surface area contributed by atoms with Gasteiger partial charge in [0.05, 0.1) is 11.0 Å². The Hall–Kier alpha value is -1.84. The summed E-state index contributed by atoms with van der Waals surface area (Å²) < 4.78 is 0. The predicted molar refractivity (Wildman–Crippen MR) is 70.2 cm³/mol. The lowest BCUT2D eigenvalue weighted by Crippen LogP contribution is -2.39. The van der Waals surface area contributed by atoms with Gasteiger partial charge in [-0.2, -0.15) is 0 Å². The lowest BCUT2D eigenvalue weighted by atomic mass is 9.63. The third-order valence-corrected chi connectivity index (χ3v) is 4.87. The first-order valence-electron chi connectivity index (χ1n) is 6.69. The zero-order valence-electron chi connectivity index (χ0n) is 10.9. The van der Waals surface area contributed by atoms with Gasteiger partial charge in [0.15, 0.2) is 0 Å². The molecule has 1 aliphatic carbocycles. The molecular formula is C15H17NO3. The summed E-state index contributed by atoms with van der Waals surface area (Å²) in [7, 11) is 0. The average molecular weight is 259 g/mol. The van der Waals surface area contributed by atoms with E-state index in [9.17, 15) is 14.7 Å². The number of amides is 1. The fourth-order valence-electron chi connectivity index (χ4n) is 3.69. The number of rotatable bonds is 1. The number of nitrogens with one attached hydrogen (secondary N) is 1. The highest BCUT2D eigenvalue weighted by atomic mass is 16.4. The topological polar surface area (TPSA) is 66.4 Å². The monoisotopic (exact) mass is 259 g/mol. The van der Waals surface area contributed by atoms with E-state index in [1.165, 1.54) is 0 Å². The third kappa shape index (κ3) is 1.59. The second kappa shape index (κ2) is 4.08. The highest BCUT2D eigenvalue weighted by molar-refractivity contribution is 5.91. The van der Waals surface area contributed by atoms with E-state index in [1.807, 2.05) is 6.07 Å². The molecule has 1 aromatic carbocycles. The molecule has 19 heavy (non-hydrogen) atoms. The maximum absolute atomic E-state index is 12.2. The Labute approximate surface area is 111 Å². The van der Waals surface area contributed by atoms with Crippen molar-refractivity contribution in [3.05, 3.63) is 34.9 Å². The van der Waals surface area contributed by atoms with Crippen molar-refractivity contribution in [2.75, 3.05) is 6.54 Å². The van der Waals surface area contributed by atoms with Crippen LogP contribution in [0.5, 0.6) is 0 Å². The minimum Gasteiger partial charge on any atom is -0.478 e. The van der Waals surface area contributed by atoms with Crippen molar-refractivity contribution in [1.29, 1.82) is 0 Å². The number of carbonyl (C=O) groups is 2. The van der Waals surface area contributed by atoms with Gasteiger partial charge in [-0.1, -0.05) is 19.1 Å². The van der Waals surface area contributed by atoms with Crippen molar-refractivity contribution >= 4 is 11.9 Å². The maximum atomic E-state index is 12.2. The molecule has 1 saturated heterocycles. The predicted octanol–water partition coefficient (Wildman–Crippen LogP) is 1.94. The molecular weight excluding hydrogens is 242 g/mol. The molecule has 0 bridgehead atoms. The minimum absolute atomic E-state index is 0.0815. The minimum atomic E-state index is -0.879. The van der Waals surface area contributed by atoms with Gasteiger partial charge < -0.3 is 10.4 Å². The standard InChI is InChI=1S/C15H17NO3/c1-9-10-3-2-4-12(13(17)18)11(10)5-6-15(9)7-8-16-14(15)19/h2-4,9H,5-8H2,1H3,(H,16,19)(H,17,18). The lowest BCUT2D eigenvalue weighted by molar-refractivity contribution is -0.129. The van der Waals surface area contributed by atoms with Crippen molar-refractivity contribution in [2.24, 2.45) is 5.41 Å². The third-order valence-electron chi connectivity index (χ3n) is 4.87. The van der Waals surface area contributed by atoms with Gasteiger partial charge in [-0.05, 0) is 42.4 Å². The van der Waals surface area contributed by atoms with Crippen molar-refractivity contribution in [1.82, 2.24) is 5.32 Å². The number of carboxylic acids is 1. The van der Waals surface area contributed by atoms with Crippen LogP contribution in [0, 0.1) is 5.41 Å². The van der Waals surface area contributed by atoms with E-state index in [-0.39, 0.29) is 17.2 Å². The molecule has 4 nitrogen and oxygen atoms in total. The second-order valence-corrected chi connectivity index (χ2v) is 5.56. The summed E-state index contributed by atoms with van der Waals surface area (Å²) in [5.74, 6) is -0.666. The highest BCUT2D eigenvalue weighted by Gasteiger charge is 2.49. The van der Waals surface area contributed by atoms with Crippen LogP contribution in [0.1, 0.15) is 47.2 Å². The quantitative estimate of drug-likeness (QED) is 0.810. The number of hydrogen-bond donors (Lipinski definition) is 2. The van der Waals surface area contributed by atoms with Crippen LogP contribution in [0.15, 0.2) is 18.2 Å². The molecule has 100 valence electrons. The maximum Gasteiger partial charge on any atom is 0.335 e. The van der Waals surface area contributed by atoms with Crippen molar-refractivity contribution in [3.63, 3.8) is 0 Å². The number of hydrogen-bond acceptors (Lipinski definition) is 2. The molecule has 1 fully saturated rings. The van der Waals surface area contributed by atoms with Gasteiger partial charge in [0.25, 0.3) is 0 Å². The molecule has 1 heterocycles. The molecule has 1 spiro atoms. The molecule has 0 saturated carbocycles. The average Bonchev–Trinajstić information content (AvgIpc) is 2.76. The van der Waals surface area contributed by atoms with E-state index in [1.54, 1.807) is 12.1 Å². The highest BCUT2D eigenvalue weighted by Crippen LogP contribution is 2.50. The number of fused-ring (bicyclic) bond motifs is 1. The summed E-state index contributed by atoms with van der Waals surface area (Å²) >= 11 is 0. The van der Waals surface area contributed by atoms with E-state index in [0.29, 0.717) is 12.0 Å². The Balaban J connectivity index is 2.10. The molecule has 0 aromatic heterocycles. The Kier molecular flexibility index (Phi) is 2.62. The second-order valence-electron chi connectivity index (χ2n) is 5.56. The summed E-state index contributed by atoms with van der Waals surface area (Å²) in [5, 5.41) is 12.2. The summed E-state index contributed by atoms with van der Waals surface area (Å²) in [6.07, 6.45) is 2.27. The zero-order valence-corrected chi connectivity index (χ0v) is 10.9. The van der Waals surface area contributed by atoms with Crippen molar-refractivity contribution in [3.8, 4) is 0 Å². The van der Waals surface area contributed by atoms with E-state index in [4.69, 9.17) is 0 Å². The molecule has 2 aliphatic rings. The van der Waals surface area contributed by atoms with Crippen molar-refractivity contribution < 1.29 is 14.7 Å². The first-order chi connectivity index (χ1) is 9.06. The summed E-state index contributed by atoms with van der Waals surface area (Å²) in [6.45, 7) is 2.78. The summed E-state index contributed by atoms with van der Waals surface area (Å²) in [4.78, 5) is 23.4. The SMILES string of the molecule is CC1c2cccc(C(=O)O)c2CCC12CCNC2=O. The van der Waals surface area contributed by atoms with Crippen molar-refractivity contribution in [2.45, 2.75) is 32.1 Å². The molecule has 4 heteroatoms. The summed E-state index contributed by atoms with van der Waals surface area (Å²) in [6, 6.07) is 5.41. The van der Waals surface area contributed by atoms with E-state index in [0.717, 1.165) is 30.5 Å². The van der Waals surface area contributed by atoms with Gasteiger partial charge in [0, 0.05) is 6.54 Å². The van der Waals surface area contributed by atoms with Gasteiger partial charge in [-0.15, -0.1) is 0 Å². The van der Waals surface area contributed by atoms with Crippen LogP contribution in [0.4, 0.5) is 0 Å².